The molecule has 0 aliphatic heterocycles. The predicted octanol–water partition coefficient (Wildman–Crippen LogP) is 6.47. The number of thiazole rings is 1. The summed E-state index contributed by atoms with van der Waals surface area (Å²) in [6, 6.07) is 21.0. The number of nitrogens with one attached hydrogen (secondary N) is 1. The van der Waals surface area contributed by atoms with Gasteiger partial charge in [-0.05, 0) is 65.1 Å². The molecule has 4 aromatic rings. The van der Waals surface area contributed by atoms with Crippen molar-refractivity contribution in [3.05, 3.63) is 80.9 Å². The number of rotatable bonds is 3. The Hall–Kier alpha value is -1.96. The summed E-state index contributed by atoms with van der Waals surface area (Å²) in [6.45, 7) is 0. The normalized spacial score (nSPS) is 10.8. The molecule has 0 saturated heterocycles. The van der Waals surface area contributed by atoms with Crippen LogP contribution in [0.3, 0.4) is 0 Å². The Morgan fingerprint density at radius 1 is 1.04 bits per heavy atom. The highest BCUT2D eigenvalue weighted by molar-refractivity contribution is 14.1. The van der Waals surface area contributed by atoms with Crippen LogP contribution in [0.1, 0.15) is 10.4 Å². The molecule has 1 heterocycles. The van der Waals surface area contributed by atoms with Crippen LogP contribution in [0.5, 0.6) is 0 Å². The minimum absolute atomic E-state index is 0.188. The third-order valence-corrected chi connectivity index (χ3v) is 5.93. The summed E-state index contributed by atoms with van der Waals surface area (Å²) in [5, 5.41) is 4.29. The predicted molar refractivity (Wildman–Crippen MR) is 117 cm³/mol. The first-order valence-electron chi connectivity index (χ1n) is 7.82. The molecule has 0 unspecified atom stereocenters. The smallest absolute Gasteiger partial charge is 0.255 e. The molecular formula is C20H12ClIN2OS. The molecule has 0 spiro atoms. The van der Waals surface area contributed by atoms with Crippen LogP contribution >= 0.6 is 45.5 Å². The quantitative estimate of drug-likeness (QED) is 0.334. The summed E-state index contributed by atoms with van der Waals surface area (Å²) in [6.07, 6.45) is 0. The van der Waals surface area contributed by atoms with E-state index in [0.29, 0.717) is 16.3 Å². The molecule has 0 saturated carbocycles. The zero-order valence-electron chi connectivity index (χ0n) is 13.4. The van der Waals surface area contributed by atoms with Gasteiger partial charge in [-0.15, -0.1) is 11.3 Å². The average molecular weight is 491 g/mol. The fraction of sp³-hybridized carbons (Fsp3) is 0. The van der Waals surface area contributed by atoms with Crippen molar-refractivity contribution in [2.75, 3.05) is 5.32 Å². The maximum atomic E-state index is 12.5. The fourth-order valence-electron chi connectivity index (χ4n) is 2.57. The van der Waals surface area contributed by atoms with Crippen LogP contribution in [0.4, 0.5) is 5.69 Å². The Labute approximate surface area is 173 Å². The molecule has 0 aliphatic rings. The third kappa shape index (κ3) is 3.60. The molecule has 3 nitrogen and oxygen atoms in total. The molecule has 0 radical (unpaired) electrons. The van der Waals surface area contributed by atoms with Crippen molar-refractivity contribution in [1.29, 1.82) is 0 Å². The number of benzene rings is 3. The molecule has 6 heteroatoms. The Morgan fingerprint density at radius 3 is 2.69 bits per heavy atom. The lowest BCUT2D eigenvalue weighted by atomic mass is 10.1. The minimum Gasteiger partial charge on any atom is -0.321 e. The van der Waals surface area contributed by atoms with Gasteiger partial charge in [-0.25, -0.2) is 4.98 Å². The zero-order valence-corrected chi connectivity index (χ0v) is 17.1. The fourth-order valence-corrected chi connectivity index (χ4v) is 4.24. The number of amides is 1. The summed E-state index contributed by atoms with van der Waals surface area (Å²) in [4.78, 5) is 17.2. The molecule has 3 aromatic carbocycles. The topological polar surface area (TPSA) is 42.0 Å². The number of fused-ring (bicyclic) bond motifs is 1. The van der Waals surface area contributed by atoms with Crippen molar-refractivity contribution < 1.29 is 4.79 Å². The first-order valence-corrected chi connectivity index (χ1v) is 10.1. The number of hydrogen-bond acceptors (Lipinski definition) is 3. The van der Waals surface area contributed by atoms with E-state index in [1.54, 1.807) is 23.5 Å². The molecule has 0 aliphatic carbocycles. The zero-order chi connectivity index (χ0) is 18.1. The van der Waals surface area contributed by atoms with Gasteiger partial charge in [0.2, 0.25) is 0 Å². The summed E-state index contributed by atoms with van der Waals surface area (Å²) in [7, 11) is 0. The standard InChI is InChI=1S/C20H12ClIN2OS/c21-15-9-8-13(20-24-16-6-1-2-7-18(16)26-20)11-17(15)23-19(25)12-4-3-5-14(22)10-12/h1-11H,(H,23,25). The van der Waals surface area contributed by atoms with Gasteiger partial charge in [0.05, 0.1) is 20.9 Å². The van der Waals surface area contributed by atoms with E-state index in [0.717, 1.165) is 24.4 Å². The molecule has 4 rings (SSSR count). The number of hydrogen-bond donors (Lipinski definition) is 1. The van der Waals surface area contributed by atoms with Gasteiger partial charge in [0, 0.05) is 14.7 Å². The number of carbonyl (C=O) groups excluding carboxylic acids is 1. The summed E-state index contributed by atoms with van der Waals surface area (Å²) in [5.74, 6) is -0.188. The van der Waals surface area contributed by atoms with E-state index >= 15 is 0 Å². The number of aromatic nitrogens is 1. The summed E-state index contributed by atoms with van der Waals surface area (Å²) >= 11 is 10.1. The second kappa shape index (κ2) is 7.34. The first kappa shape index (κ1) is 17.5. The van der Waals surface area contributed by atoms with Gasteiger partial charge in [0.15, 0.2) is 0 Å². The van der Waals surface area contributed by atoms with Crippen LogP contribution in [-0.2, 0) is 0 Å². The van der Waals surface area contributed by atoms with Crippen LogP contribution in [0.15, 0.2) is 66.7 Å². The number of halogens is 2. The SMILES string of the molecule is O=C(Nc1cc(-c2nc3ccccc3s2)ccc1Cl)c1cccc(I)c1. The van der Waals surface area contributed by atoms with Crippen molar-refractivity contribution in [3.63, 3.8) is 0 Å². The first-order chi connectivity index (χ1) is 12.6. The molecule has 26 heavy (non-hydrogen) atoms. The second-order valence-corrected chi connectivity index (χ2v) is 8.33. The van der Waals surface area contributed by atoms with Crippen LogP contribution < -0.4 is 5.32 Å². The van der Waals surface area contributed by atoms with E-state index in [1.165, 1.54) is 0 Å². The van der Waals surface area contributed by atoms with Crippen LogP contribution in [-0.4, -0.2) is 10.9 Å². The van der Waals surface area contributed by atoms with E-state index in [-0.39, 0.29) is 5.91 Å². The van der Waals surface area contributed by atoms with Crippen molar-refractivity contribution in [2.24, 2.45) is 0 Å². The highest BCUT2D eigenvalue weighted by Crippen LogP contribution is 2.34. The van der Waals surface area contributed by atoms with E-state index in [1.807, 2.05) is 54.6 Å². The number of nitrogens with zero attached hydrogens (tertiary/aromatic N) is 1. The number of anilines is 1. The van der Waals surface area contributed by atoms with E-state index in [2.05, 4.69) is 32.9 Å². The van der Waals surface area contributed by atoms with Crippen molar-refractivity contribution in [3.8, 4) is 10.6 Å². The van der Waals surface area contributed by atoms with Crippen molar-refractivity contribution in [1.82, 2.24) is 4.98 Å². The van der Waals surface area contributed by atoms with Gasteiger partial charge in [-0.1, -0.05) is 35.9 Å². The largest absolute Gasteiger partial charge is 0.321 e. The number of carbonyl (C=O) groups is 1. The van der Waals surface area contributed by atoms with Gasteiger partial charge in [-0.3, -0.25) is 4.79 Å². The number of para-hydroxylation sites is 1. The van der Waals surface area contributed by atoms with Gasteiger partial charge in [0.25, 0.3) is 5.91 Å². The van der Waals surface area contributed by atoms with E-state index in [9.17, 15) is 4.79 Å². The lowest BCUT2D eigenvalue weighted by Crippen LogP contribution is -2.12. The van der Waals surface area contributed by atoms with Gasteiger partial charge < -0.3 is 5.32 Å². The highest BCUT2D eigenvalue weighted by Gasteiger charge is 2.12. The van der Waals surface area contributed by atoms with E-state index in [4.69, 9.17) is 11.6 Å². The second-order valence-electron chi connectivity index (χ2n) is 5.65. The Kier molecular flexibility index (Phi) is 4.93. The van der Waals surface area contributed by atoms with Crippen LogP contribution in [0.25, 0.3) is 20.8 Å². The van der Waals surface area contributed by atoms with Crippen LogP contribution in [0, 0.1) is 3.57 Å². The summed E-state index contributed by atoms with van der Waals surface area (Å²) in [5.41, 5.74) is 3.06. The monoisotopic (exact) mass is 490 g/mol. The molecule has 128 valence electrons. The average Bonchev–Trinajstić information content (AvgIpc) is 3.07. The van der Waals surface area contributed by atoms with Gasteiger partial charge >= 0.3 is 0 Å². The highest BCUT2D eigenvalue weighted by atomic mass is 127. The molecule has 0 fully saturated rings. The van der Waals surface area contributed by atoms with Crippen molar-refractivity contribution >= 4 is 67.3 Å². The van der Waals surface area contributed by atoms with Gasteiger partial charge in [-0.2, -0.15) is 0 Å². The van der Waals surface area contributed by atoms with Crippen LogP contribution in [0.2, 0.25) is 5.02 Å². The molecule has 0 atom stereocenters. The Morgan fingerprint density at radius 2 is 1.88 bits per heavy atom. The lowest BCUT2D eigenvalue weighted by Gasteiger charge is -2.09. The Bertz CT molecular complexity index is 1090. The third-order valence-electron chi connectivity index (χ3n) is 3.84. The molecule has 1 amide bonds. The molecular weight excluding hydrogens is 479 g/mol. The maximum absolute atomic E-state index is 12.5. The molecule has 0 bridgehead atoms. The summed E-state index contributed by atoms with van der Waals surface area (Å²) < 4.78 is 2.13. The molecule has 1 N–H and O–H groups in total. The Balaban J connectivity index is 1.67. The van der Waals surface area contributed by atoms with Gasteiger partial charge in [0.1, 0.15) is 5.01 Å². The lowest BCUT2D eigenvalue weighted by molar-refractivity contribution is 0.102. The minimum atomic E-state index is -0.188. The van der Waals surface area contributed by atoms with Crippen molar-refractivity contribution in [2.45, 2.75) is 0 Å². The molecule has 1 aromatic heterocycles. The maximum Gasteiger partial charge on any atom is 0.255 e. The van der Waals surface area contributed by atoms with E-state index < -0.39 is 0 Å².